The average molecular weight is 420 g/mol. The van der Waals surface area contributed by atoms with E-state index in [9.17, 15) is 9.59 Å². The molecule has 29 heavy (non-hydrogen) atoms. The molecular formula is C23H30ClNO4. The van der Waals surface area contributed by atoms with Crippen molar-refractivity contribution < 1.29 is 19.1 Å². The number of allylic oxidation sites excluding steroid dienone is 1. The van der Waals surface area contributed by atoms with E-state index in [4.69, 9.17) is 21.1 Å². The van der Waals surface area contributed by atoms with Gasteiger partial charge in [0.1, 0.15) is 5.92 Å². The molecule has 0 spiro atoms. The highest BCUT2D eigenvalue weighted by Crippen LogP contribution is 2.43. The van der Waals surface area contributed by atoms with E-state index in [2.05, 4.69) is 4.99 Å². The molecule has 0 radical (unpaired) electrons. The van der Waals surface area contributed by atoms with Crippen molar-refractivity contribution in [2.45, 2.75) is 53.4 Å². The molecule has 6 heteroatoms. The molecule has 1 aromatic carbocycles. The Morgan fingerprint density at radius 3 is 2.34 bits per heavy atom. The lowest BCUT2D eigenvalue weighted by molar-refractivity contribution is -0.148. The van der Waals surface area contributed by atoms with Gasteiger partial charge in [-0.25, -0.2) is 4.79 Å². The molecule has 158 valence electrons. The first kappa shape index (κ1) is 23.1. The van der Waals surface area contributed by atoms with Crippen LogP contribution < -0.4 is 0 Å². The largest absolute Gasteiger partial charge is 0.465 e. The van der Waals surface area contributed by atoms with Crippen LogP contribution in [-0.2, 0) is 19.1 Å². The molecule has 0 amide bonds. The summed E-state index contributed by atoms with van der Waals surface area (Å²) in [6.07, 6.45) is 1.44. The Morgan fingerprint density at radius 2 is 1.72 bits per heavy atom. The number of ether oxygens (including phenoxy) is 2. The normalized spacial score (nSPS) is 20.1. The Morgan fingerprint density at radius 1 is 1.10 bits per heavy atom. The van der Waals surface area contributed by atoms with Crippen molar-refractivity contribution in [3.8, 4) is 0 Å². The van der Waals surface area contributed by atoms with Gasteiger partial charge in [-0.2, -0.15) is 0 Å². The van der Waals surface area contributed by atoms with Crippen molar-refractivity contribution in [2.24, 2.45) is 16.8 Å². The lowest BCUT2D eigenvalue weighted by Gasteiger charge is -2.35. The van der Waals surface area contributed by atoms with Gasteiger partial charge in [0.25, 0.3) is 0 Å². The molecule has 3 unspecified atom stereocenters. The maximum absolute atomic E-state index is 13.0. The van der Waals surface area contributed by atoms with Crippen LogP contribution in [0.5, 0.6) is 0 Å². The van der Waals surface area contributed by atoms with E-state index in [1.807, 2.05) is 52.0 Å². The Balaban J connectivity index is 2.56. The third-order valence-corrected chi connectivity index (χ3v) is 5.51. The maximum Gasteiger partial charge on any atom is 0.336 e. The minimum Gasteiger partial charge on any atom is -0.465 e. The zero-order chi connectivity index (χ0) is 21.6. The number of hydrogen-bond acceptors (Lipinski definition) is 5. The van der Waals surface area contributed by atoms with E-state index in [1.54, 1.807) is 6.92 Å². The standard InChI is InChI=1S/C23H30ClNO4/c1-6-12-28-22(26)20-15(4)25-16(5)21(23(27)29-13-7-2)19(20)14(3)17-10-8-9-11-18(17)24/h8-11,14,19-20H,6-7,12-13H2,1-5H3. The van der Waals surface area contributed by atoms with Crippen LogP contribution in [-0.4, -0.2) is 30.9 Å². The summed E-state index contributed by atoms with van der Waals surface area (Å²) in [5.41, 5.74) is 2.51. The number of esters is 2. The van der Waals surface area contributed by atoms with Crippen LogP contribution in [0.2, 0.25) is 5.02 Å². The molecule has 0 aliphatic carbocycles. The summed E-state index contributed by atoms with van der Waals surface area (Å²) in [5.74, 6) is -2.16. The third-order valence-electron chi connectivity index (χ3n) is 5.17. The molecular weight excluding hydrogens is 390 g/mol. The SMILES string of the molecule is CCCOC(=O)C1=C(C)N=C(C)C(C(=O)OCCC)C1C(C)c1ccccc1Cl. The molecule has 1 aromatic rings. The van der Waals surface area contributed by atoms with Crippen LogP contribution >= 0.6 is 11.6 Å². The monoisotopic (exact) mass is 419 g/mol. The van der Waals surface area contributed by atoms with Crippen molar-refractivity contribution in [1.82, 2.24) is 0 Å². The molecule has 0 fully saturated rings. The van der Waals surface area contributed by atoms with Crippen molar-refractivity contribution in [3.05, 3.63) is 46.1 Å². The van der Waals surface area contributed by atoms with Gasteiger partial charge in [-0.3, -0.25) is 9.79 Å². The highest BCUT2D eigenvalue weighted by molar-refractivity contribution is 6.31. The predicted molar refractivity (Wildman–Crippen MR) is 115 cm³/mol. The Bertz CT molecular complexity index is 815. The summed E-state index contributed by atoms with van der Waals surface area (Å²) in [7, 11) is 0. The van der Waals surface area contributed by atoms with Gasteiger partial charge in [0.2, 0.25) is 0 Å². The van der Waals surface area contributed by atoms with E-state index < -0.39 is 17.8 Å². The van der Waals surface area contributed by atoms with Crippen LogP contribution in [0.3, 0.4) is 0 Å². The molecule has 1 heterocycles. The molecule has 3 atom stereocenters. The Labute approximate surface area is 178 Å². The smallest absolute Gasteiger partial charge is 0.336 e. The predicted octanol–water partition coefficient (Wildman–Crippen LogP) is 5.33. The zero-order valence-electron chi connectivity index (χ0n) is 17.8. The summed E-state index contributed by atoms with van der Waals surface area (Å²) >= 11 is 6.45. The number of nitrogens with zero attached hydrogens (tertiary/aromatic N) is 1. The van der Waals surface area contributed by atoms with E-state index in [-0.39, 0.29) is 11.9 Å². The van der Waals surface area contributed by atoms with E-state index >= 15 is 0 Å². The van der Waals surface area contributed by atoms with Gasteiger partial charge in [0.05, 0.1) is 18.8 Å². The van der Waals surface area contributed by atoms with Gasteiger partial charge in [0.15, 0.2) is 0 Å². The zero-order valence-corrected chi connectivity index (χ0v) is 18.6. The van der Waals surface area contributed by atoms with E-state index in [0.717, 1.165) is 12.0 Å². The second kappa shape index (κ2) is 10.6. The van der Waals surface area contributed by atoms with Crippen LogP contribution in [0.4, 0.5) is 0 Å². The maximum atomic E-state index is 13.0. The number of halogens is 1. The fourth-order valence-corrected chi connectivity index (χ4v) is 4.11. The number of carbonyl (C=O) groups is 2. The van der Waals surface area contributed by atoms with Crippen molar-refractivity contribution in [1.29, 1.82) is 0 Å². The van der Waals surface area contributed by atoms with Gasteiger partial charge in [-0.15, -0.1) is 0 Å². The summed E-state index contributed by atoms with van der Waals surface area (Å²) in [6.45, 7) is 10.1. The fourth-order valence-electron chi connectivity index (χ4n) is 3.80. The van der Waals surface area contributed by atoms with Crippen LogP contribution in [0.25, 0.3) is 0 Å². The number of aliphatic imine (C=N–C) groups is 1. The molecule has 0 aromatic heterocycles. The lowest BCUT2D eigenvalue weighted by Crippen LogP contribution is -2.40. The Kier molecular flexibility index (Phi) is 8.45. The van der Waals surface area contributed by atoms with Crippen molar-refractivity contribution in [3.63, 3.8) is 0 Å². The molecule has 0 saturated carbocycles. The lowest BCUT2D eigenvalue weighted by atomic mass is 9.71. The van der Waals surface area contributed by atoms with Crippen LogP contribution in [0.1, 0.15) is 58.9 Å². The minimum absolute atomic E-state index is 0.215. The third kappa shape index (κ3) is 5.27. The molecule has 1 aliphatic heterocycles. The van der Waals surface area contributed by atoms with Crippen LogP contribution in [0, 0.1) is 11.8 Å². The highest BCUT2D eigenvalue weighted by Gasteiger charge is 2.44. The summed E-state index contributed by atoms with van der Waals surface area (Å²) in [4.78, 5) is 30.4. The topological polar surface area (TPSA) is 65.0 Å². The van der Waals surface area contributed by atoms with Crippen molar-refractivity contribution >= 4 is 29.3 Å². The quantitative estimate of drug-likeness (QED) is 0.534. The average Bonchev–Trinajstić information content (AvgIpc) is 2.69. The molecule has 0 N–H and O–H groups in total. The highest BCUT2D eigenvalue weighted by atomic mass is 35.5. The van der Waals surface area contributed by atoms with Gasteiger partial charge < -0.3 is 9.47 Å². The molecule has 2 rings (SSSR count). The van der Waals surface area contributed by atoms with Gasteiger partial charge in [-0.05, 0) is 44.2 Å². The molecule has 5 nitrogen and oxygen atoms in total. The second-order valence-corrected chi connectivity index (χ2v) is 7.78. The van der Waals surface area contributed by atoms with Crippen molar-refractivity contribution in [2.75, 3.05) is 13.2 Å². The van der Waals surface area contributed by atoms with Gasteiger partial charge >= 0.3 is 11.9 Å². The molecule has 0 bridgehead atoms. The van der Waals surface area contributed by atoms with E-state index in [1.165, 1.54) is 0 Å². The first-order valence-corrected chi connectivity index (χ1v) is 10.5. The van der Waals surface area contributed by atoms with Crippen LogP contribution in [0.15, 0.2) is 40.5 Å². The second-order valence-electron chi connectivity index (χ2n) is 7.37. The van der Waals surface area contributed by atoms with Gasteiger partial charge in [-0.1, -0.05) is 50.6 Å². The minimum atomic E-state index is -0.666. The summed E-state index contributed by atoms with van der Waals surface area (Å²) in [5, 5.41) is 0.597. The fraction of sp³-hybridized carbons (Fsp3) is 0.522. The first-order chi connectivity index (χ1) is 13.8. The number of hydrogen-bond donors (Lipinski definition) is 0. The first-order valence-electron chi connectivity index (χ1n) is 10.2. The Hall–Kier alpha value is -2.14. The van der Waals surface area contributed by atoms with Gasteiger partial charge in [0, 0.05) is 22.3 Å². The number of carbonyl (C=O) groups excluding carboxylic acids is 2. The number of rotatable bonds is 8. The van der Waals surface area contributed by atoms with E-state index in [0.29, 0.717) is 41.6 Å². The summed E-state index contributed by atoms with van der Waals surface area (Å²) < 4.78 is 10.9. The number of benzene rings is 1. The summed E-state index contributed by atoms with van der Waals surface area (Å²) in [6, 6.07) is 7.49. The molecule has 0 saturated heterocycles. The molecule has 1 aliphatic rings.